The number of aromatic nitrogens is 2. The van der Waals surface area contributed by atoms with Gasteiger partial charge in [-0.1, -0.05) is 12.1 Å². The molecule has 1 aromatic heterocycles. The molecule has 0 spiro atoms. The third-order valence-electron chi connectivity index (χ3n) is 1.65. The van der Waals surface area contributed by atoms with Gasteiger partial charge in [0.2, 0.25) is 0 Å². The first-order chi connectivity index (χ1) is 5.79. The van der Waals surface area contributed by atoms with Crippen LogP contribution in [-0.4, -0.2) is 10.2 Å². The van der Waals surface area contributed by atoms with Crippen molar-refractivity contribution in [1.29, 1.82) is 0 Å². The zero-order valence-electron chi connectivity index (χ0n) is 6.16. The lowest BCUT2D eigenvalue weighted by Crippen LogP contribution is -1.91. The van der Waals surface area contributed by atoms with Gasteiger partial charge in [0.25, 0.3) is 0 Å². The van der Waals surface area contributed by atoms with Gasteiger partial charge in [-0.3, -0.25) is 0 Å². The van der Waals surface area contributed by atoms with E-state index in [1.807, 2.05) is 18.2 Å². The van der Waals surface area contributed by atoms with E-state index in [1.165, 1.54) is 0 Å². The fraction of sp³-hybridized carbons (Fsp3) is 0. The van der Waals surface area contributed by atoms with Crippen molar-refractivity contribution >= 4 is 32.5 Å². The summed E-state index contributed by atoms with van der Waals surface area (Å²) in [7, 11) is 0. The molecule has 1 aromatic carbocycles. The summed E-state index contributed by atoms with van der Waals surface area (Å²) in [6, 6.07) is 5.75. The highest BCUT2D eigenvalue weighted by Gasteiger charge is 2.01. The average molecular weight is 224 g/mol. The molecular formula is C8H6BrN3. The lowest BCUT2D eigenvalue weighted by atomic mass is 10.2. The largest absolute Gasteiger partial charge is 0.397 e. The number of fused-ring (bicyclic) bond motifs is 1. The highest BCUT2D eigenvalue weighted by Crippen LogP contribution is 2.24. The number of nitrogen functional groups attached to an aromatic ring is 1. The minimum Gasteiger partial charge on any atom is -0.397 e. The van der Waals surface area contributed by atoms with Gasteiger partial charge in [-0.2, -0.15) is 5.10 Å². The Labute approximate surface area is 77.7 Å². The lowest BCUT2D eigenvalue weighted by Gasteiger charge is -1.99. The Kier molecular flexibility index (Phi) is 1.69. The second-order valence-corrected chi connectivity index (χ2v) is 3.29. The average Bonchev–Trinajstić information content (AvgIpc) is 2.07. The van der Waals surface area contributed by atoms with Gasteiger partial charge >= 0.3 is 0 Å². The van der Waals surface area contributed by atoms with Gasteiger partial charge in [-0.05, 0) is 22.0 Å². The van der Waals surface area contributed by atoms with Crippen LogP contribution in [-0.2, 0) is 0 Å². The van der Waals surface area contributed by atoms with Crippen LogP contribution in [0.1, 0.15) is 0 Å². The predicted molar refractivity (Wildman–Crippen MR) is 51.7 cm³/mol. The first kappa shape index (κ1) is 7.49. The van der Waals surface area contributed by atoms with E-state index in [4.69, 9.17) is 5.73 Å². The summed E-state index contributed by atoms with van der Waals surface area (Å²) in [5, 5.41) is 8.66. The number of rotatable bonds is 0. The van der Waals surface area contributed by atoms with Crippen molar-refractivity contribution in [3.8, 4) is 0 Å². The molecule has 1 heterocycles. The minimum absolute atomic E-state index is 0.654. The monoisotopic (exact) mass is 223 g/mol. The summed E-state index contributed by atoms with van der Waals surface area (Å²) >= 11 is 3.37. The zero-order chi connectivity index (χ0) is 8.55. The molecule has 0 aliphatic rings. The van der Waals surface area contributed by atoms with E-state index in [2.05, 4.69) is 26.1 Å². The Bertz CT molecular complexity index is 386. The molecule has 0 unspecified atom stereocenters. The first-order valence-corrected chi connectivity index (χ1v) is 4.24. The third kappa shape index (κ3) is 1.04. The predicted octanol–water partition coefficient (Wildman–Crippen LogP) is 1.97. The van der Waals surface area contributed by atoms with E-state index in [0.717, 1.165) is 15.4 Å². The highest BCUT2D eigenvalue weighted by atomic mass is 79.9. The SMILES string of the molecule is Nc1cnnc2c(Br)cccc12. The molecule has 0 saturated heterocycles. The molecule has 0 aliphatic carbocycles. The molecule has 0 aliphatic heterocycles. The fourth-order valence-electron chi connectivity index (χ4n) is 1.07. The second kappa shape index (κ2) is 2.71. The maximum Gasteiger partial charge on any atom is 0.109 e. The second-order valence-electron chi connectivity index (χ2n) is 2.44. The normalized spacial score (nSPS) is 10.4. The topological polar surface area (TPSA) is 51.8 Å². The Balaban J connectivity index is 2.94. The minimum atomic E-state index is 0.654. The standard InChI is InChI=1S/C8H6BrN3/c9-6-3-1-2-5-7(10)4-11-12-8(5)6/h1-4H,(H2,10,12). The molecular weight excluding hydrogens is 218 g/mol. The molecule has 2 rings (SSSR count). The Morgan fingerprint density at radius 3 is 2.92 bits per heavy atom. The Morgan fingerprint density at radius 1 is 1.33 bits per heavy atom. The molecule has 3 nitrogen and oxygen atoms in total. The maximum atomic E-state index is 5.70. The molecule has 0 bridgehead atoms. The summed E-state index contributed by atoms with van der Waals surface area (Å²) in [5.74, 6) is 0. The van der Waals surface area contributed by atoms with Crippen molar-refractivity contribution in [1.82, 2.24) is 10.2 Å². The number of anilines is 1. The quantitative estimate of drug-likeness (QED) is 0.744. The van der Waals surface area contributed by atoms with E-state index in [0.29, 0.717) is 5.69 Å². The van der Waals surface area contributed by atoms with Crippen LogP contribution in [0.15, 0.2) is 28.9 Å². The van der Waals surface area contributed by atoms with Gasteiger partial charge in [-0.25, -0.2) is 0 Å². The molecule has 0 saturated carbocycles. The third-order valence-corrected chi connectivity index (χ3v) is 2.29. The molecule has 0 amide bonds. The molecule has 0 radical (unpaired) electrons. The Hall–Kier alpha value is -1.16. The molecule has 2 aromatic rings. The van der Waals surface area contributed by atoms with Crippen LogP contribution in [0, 0.1) is 0 Å². The van der Waals surface area contributed by atoms with Gasteiger partial charge in [0.1, 0.15) is 5.52 Å². The van der Waals surface area contributed by atoms with E-state index < -0.39 is 0 Å². The molecule has 4 heteroatoms. The van der Waals surface area contributed by atoms with E-state index >= 15 is 0 Å². The fourth-order valence-corrected chi connectivity index (χ4v) is 1.51. The molecule has 60 valence electrons. The van der Waals surface area contributed by atoms with Crippen LogP contribution in [0.3, 0.4) is 0 Å². The number of hydrogen-bond donors (Lipinski definition) is 1. The van der Waals surface area contributed by atoms with E-state index in [1.54, 1.807) is 6.20 Å². The van der Waals surface area contributed by atoms with E-state index in [9.17, 15) is 0 Å². The summed E-state index contributed by atoms with van der Waals surface area (Å²) in [5.41, 5.74) is 7.16. The van der Waals surface area contributed by atoms with Crippen molar-refractivity contribution in [3.63, 3.8) is 0 Å². The molecule has 0 fully saturated rings. The van der Waals surface area contributed by atoms with Crippen molar-refractivity contribution in [3.05, 3.63) is 28.9 Å². The maximum absolute atomic E-state index is 5.70. The van der Waals surface area contributed by atoms with Crippen molar-refractivity contribution in [2.24, 2.45) is 0 Å². The first-order valence-electron chi connectivity index (χ1n) is 3.44. The van der Waals surface area contributed by atoms with Crippen LogP contribution in [0.25, 0.3) is 10.9 Å². The number of hydrogen-bond acceptors (Lipinski definition) is 3. The van der Waals surface area contributed by atoms with Crippen molar-refractivity contribution in [2.45, 2.75) is 0 Å². The summed E-state index contributed by atoms with van der Waals surface area (Å²) in [4.78, 5) is 0. The van der Waals surface area contributed by atoms with Crippen LogP contribution in [0.2, 0.25) is 0 Å². The van der Waals surface area contributed by atoms with Gasteiger partial charge in [0, 0.05) is 9.86 Å². The number of benzene rings is 1. The zero-order valence-corrected chi connectivity index (χ0v) is 7.75. The molecule has 12 heavy (non-hydrogen) atoms. The van der Waals surface area contributed by atoms with Crippen LogP contribution < -0.4 is 5.73 Å². The van der Waals surface area contributed by atoms with Gasteiger partial charge in [0.05, 0.1) is 11.9 Å². The summed E-state index contributed by atoms with van der Waals surface area (Å²) < 4.78 is 0.916. The number of nitrogens with zero attached hydrogens (tertiary/aromatic N) is 2. The van der Waals surface area contributed by atoms with Gasteiger partial charge in [-0.15, -0.1) is 5.10 Å². The van der Waals surface area contributed by atoms with E-state index in [-0.39, 0.29) is 0 Å². The number of halogens is 1. The van der Waals surface area contributed by atoms with Gasteiger partial charge < -0.3 is 5.73 Å². The number of nitrogens with two attached hydrogens (primary N) is 1. The van der Waals surface area contributed by atoms with Crippen molar-refractivity contribution in [2.75, 3.05) is 5.73 Å². The summed E-state index contributed by atoms with van der Waals surface area (Å²) in [6.45, 7) is 0. The molecule has 0 atom stereocenters. The summed E-state index contributed by atoms with van der Waals surface area (Å²) in [6.07, 6.45) is 1.55. The van der Waals surface area contributed by atoms with Crippen LogP contribution >= 0.6 is 15.9 Å². The smallest absolute Gasteiger partial charge is 0.109 e. The van der Waals surface area contributed by atoms with Crippen molar-refractivity contribution < 1.29 is 0 Å². The lowest BCUT2D eigenvalue weighted by molar-refractivity contribution is 1.08. The van der Waals surface area contributed by atoms with Crippen LogP contribution in [0.4, 0.5) is 5.69 Å². The van der Waals surface area contributed by atoms with Crippen LogP contribution in [0.5, 0.6) is 0 Å². The molecule has 2 N–H and O–H groups in total. The Morgan fingerprint density at radius 2 is 2.17 bits per heavy atom. The highest BCUT2D eigenvalue weighted by molar-refractivity contribution is 9.10. The van der Waals surface area contributed by atoms with Gasteiger partial charge in [0.15, 0.2) is 0 Å².